The molecule has 2 atom stereocenters. The van der Waals surface area contributed by atoms with E-state index in [1.165, 1.54) is 4.90 Å². The highest BCUT2D eigenvalue weighted by Gasteiger charge is 2.36. The Kier molecular flexibility index (Phi) is 5.03. The number of benzene rings is 1. The topological polar surface area (TPSA) is 86.7 Å². The lowest BCUT2D eigenvalue weighted by atomic mass is 10.0. The van der Waals surface area contributed by atoms with Crippen LogP contribution in [0.2, 0.25) is 0 Å². The number of amides is 2. The smallest absolute Gasteiger partial charge is 0.326 e. The minimum Gasteiger partial charge on any atom is -0.480 e. The van der Waals surface area contributed by atoms with Crippen LogP contribution in [0.1, 0.15) is 41.3 Å². The first kappa shape index (κ1) is 17.0. The Labute approximate surface area is 135 Å². The molecule has 2 N–H and O–H groups in total. The fraction of sp³-hybridized carbons (Fsp3) is 0.471. The summed E-state index contributed by atoms with van der Waals surface area (Å²) in [6.45, 7) is 5.73. The third kappa shape index (κ3) is 3.70. The van der Waals surface area contributed by atoms with Crippen LogP contribution in [0, 0.1) is 13.8 Å². The van der Waals surface area contributed by atoms with Crippen molar-refractivity contribution in [3.8, 4) is 0 Å². The summed E-state index contributed by atoms with van der Waals surface area (Å²) in [5.74, 6) is -1.67. The Bertz CT molecular complexity index is 641. The summed E-state index contributed by atoms with van der Waals surface area (Å²) in [7, 11) is 0. The molecule has 2 amide bonds. The van der Waals surface area contributed by atoms with Crippen LogP contribution in [0.3, 0.4) is 0 Å². The zero-order chi connectivity index (χ0) is 17.1. The summed E-state index contributed by atoms with van der Waals surface area (Å²) in [4.78, 5) is 37.3. The molecule has 0 radical (unpaired) electrons. The Morgan fingerprint density at radius 3 is 2.65 bits per heavy atom. The van der Waals surface area contributed by atoms with Crippen LogP contribution < -0.4 is 5.32 Å². The van der Waals surface area contributed by atoms with Gasteiger partial charge in [0.1, 0.15) is 12.1 Å². The average Bonchev–Trinajstić information content (AvgIpc) is 2.98. The fourth-order valence-electron chi connectivity index (χ4n) is 2.85. The lowest BCUT2D eigenvalue weighted by Gasteiger charge is -2.25. The maximum atomic E-state index is 12.4. The zero-order valence-corrected chi connectivity index (χ0v) is 13.6. The summed E-state index contributed by atoms with van der Waals surface area (Å²) in [6, 6.07) is 4.00. The molecule has 23 heavy (non-hydrogen) atoms. The van der Waals surface area contributed by atoms with E-state index in [1.54, 1.807) is 13.0 Å². The lowest BCUT2D eigenvalue weighted by Crippen LogP contribution is -2.50. The maximum absolute atomic E-state index is 12.4. The second kappa shape index (κ2) is 6.81. The summed E-state index contributed by atoms with van der Waals surface area (Å²) < 4.78 is 0. The van der Waals surface area contributed by atoms with Crippen molar-refractivity contribution in [3.05, 3.63) is 34.9 Å². The fourth-order valence-corrected chi connectivity index (χ4v) is 2.85. The van der Waals surface area contributed by atoms with Crippen LogP contribution in [0.25, 0.3) is 0 Å². The number of aliphatic carboxylic acids is 1. The van der Waals surface area contributed by atoms with E-state index in [-0.39, 0.29) is 11.8 Å². The van der Waals surface area contributed by atoms with E-state index in [0.717, 1.165) is 11.1 Å². The first-order chi connectivity index (χ1) is 10.8. The van der Waals surface area contributed by atoms with Gasteiger partial charge in [-0.05, 0) is 45.2 Å². The van der Waals surface area contributed by atoms with Gasteiger partial charge in [0.25, 0.3) is 5.91 Å². The molecule has 124 valence electrons. The molecule has 0 spiro atoms. The van der Waals surface area contributed by atoms with Gasteiger partial charge in [-0.1, -0.05) is 17.7 Å². The van der Waals surface area contributed by atoms with E-state index in [0.29, 0.717) is 24.9 Å². The second-order valence-electron chi connectivity index (χ2n) is 6.04. The molecule has 1 aromatic rings. The number of carboxylic acid groups (broad SMARTS) is 1. The molecule has 6 nitrogen and oxygen atoms in total. The third-order valence-corrected chi connectivity index (χ3v) is 4.18. The van der Waals surface area contributed by atoms with Crippen LogP contribution >= 0.6 is 0 Å². The monoisotopic (exact) mass is 318 g/mol. The first-order valence-corrected chi connectivity index (χ1v) is 7.72. The number of rotatable bonds is 4. The number of carboxylic acids is 1. The van der Waals surface area contributed by atoms with Crippen LogP contribution in [0.5, 0.6) is 0 Å². The Morgan fingerprint density at radius 1 is 1.30 bits per heavy atom. The van der Waals surface area contributed by atoms with Crippen LogP contribution in [0.15, 0.2) is 18.2 Å². The van der Waals surface area contributed by atoms with Gasteiger partial charge in [-0.3, -0.25) is 9.59 Å². The molecular weight excluding hydrogens is 296 g/mol. The van der Waals surface area contributed by atoms with Crippen LogP contribution in [0.4, 0.5) is 0 Å². The number of aryl methyl sites for hydroxylation is 2. The van der Waals surface area contributed by atoms with Crippen molar-refractivity contribution in [1.82, 2.24) is 10.2 Å². The van der Waals surface area contributed by atoms with Crippen molar-refractivity contribution < 1.29 is 19.5 Å². The number of nitrogens with zero attached hydrogens (tertiary/aromatic N) is 1. The molecule has 1 saturated heterocycles. The van der Waals surface area contributed by atoms with Crippen molar-refractivity contribution in [3.63, 3.8) is 0 Å². The molecule has 1 heterocycles. The predicted octanol–water partition coefficient (Wildman–Crippen LogP) is 1.50. The average molecular weight is 318 g/mol. The predicted molar refractivity (Wildman–Crippen MR) is 85.2 cm³/mol. The van der Waals surface area contributed by atoms with E-state index >= 15 is 0 Å². The van der Waals surface area contributed by atoms with E-state index in [1.807, 2.05) is 26.0 Å². The molecule has 0 bridgehead atoms. The third-order valence-electron chi connectivity index (χ3n) is 4.18. The van der Waals surface area contributed by atoms with E-state index < -0.39 is 18.1 Å². The van der Waals surface area contributed by atoms with Gasteiger partial charge in [0.05, 0.1) is 0 Å². The molecule has 0 unspecified atom stereocenters. The molecule has 1 aromatic carbocycles. The van der Waals surface area contributed by atoms with Crippen LogP contribution in [-0.4, -0.2) is 46.4 Å². The quantitative estimate of drug-likeness (QED) is 0.881. The highest BCUT2D eigenvalue weighted by Crippen LogP contribution is 2.18. The van der Waals surface area contributed by atoms with E-state index in [9.17, 15) is 14.4 Å². The van der Waals surface area contributed by atoms with Gasteiger partial charge >= 0.3 is 5.97 Å². The summed E-state index contributed by atoms with van der Waals surface area (Å²) in [5.41, 5.74) is 2.32. The summed E-state index contributed by atoms with van der Waals surface area (Å²) in [6.07, 6.45) is 1.12. The number of nitrogens with one attached hydrogen (secondary N) is 1. The molecular formula is C17H22N2O4. The Hall–Kier alpha value is -2.37. The molecule has 2 rings (SSSR count). The van der Waals surface area contributed by atoms with Gasteiger partial charge in [0, 0.05) is 12.1 Å². The van der Waals surface area contributed by atoms with Gasteiger partial charge < -0.3 is 15.3 Å². The minimum absolute atomic E-state index is 0.321. The van der Waals surface area contributed by atoms with E-state index in [4.69, 9.17) is 5.11 Å². The van der Waals surface area contributed by atoms with Gasteiger partial charge in [-0.25, -0.2) is 4.79 Å². The Morgan fingerprint density at radius 2 is 2.00 bits per heavy atom. The van der Waals surface area contributed by atoms with Crippen molar-refractivity contribution in [2.24, 2.45) is 0 Å². The van der Waals surface area contributed by atoms with Crippen molar-refractivity contribution in [2.75, 3.05) is 6.54 Å². The largest absolute Gasteiger partial charge is 0.480 e. The molecule has 1 aliphatic rings. The number of hydrogen-bond acceptors (Lipinski definition) is 3. The Balaban J connectivity index is 2.07. The summed E-state index contributed by atoms with van der Waals surface area (Å²) >= 11 is 0. The highest BCUT2D eigenvalue weighted by atomic mass is 16.4. The van der Waals surface area contributed by atoms with Crippen LogP contribution in [-0.2, 0) is 9.59 Å². The molecule has 0 saturated carbocycles. The number of likely N-dealkylation sites (tertiary alicyclic amines) is 1. The lowest BCUT2D eigenvalue weighted by molar-refractivity contribution is -0.148. The van der Waals surface area contributed by atoms with Crippen molar-refractivity contribution in [2.45, 2.75) is 45.7 Å². The van der Waals surface area contributed by atoms with E-state index in [2.05, 4.69) is 5.32 Å². The first-order valence-electron chi connectivity index (χ1n) is 7.72. The van der Waals surface area contributed by atoms with Crippen molar-refractivity contribution >= 4 is 17.8 Å². The maximum Gasteiger partial charge on any atom is 0.326 e. The van der Waals surface area contributed by atoms with Gasteiger partial charge in [-0.2, -0.15) is 0 Å². The standard InChI is InChI=1S/C17H22N2O4/c1-10-6-7-11(2)13(9-10)15(20)18-12(3)16(21)19-8-4-5-14(19)17(22)23/h6-7,9,12,14H,4-5,8H2,1-3H3,(H,18,20)(H,22,23)/t12-,14-/m0/s1. The highest BCUT2D eigenvalue weighted by molar-refractivity contribution is 5.99. The molecule has 0 aromatic heterocycles. The molecule has 0 aliphatic carbocycles. The van der Waals surface area contributed by atoms with Gasteiger partial charge in [-0.15, -0.1) is 0 Å². The molecule has 6 heteroatoms. The number of carbonyl (C=O) groups is 3. The van der Waals surface area contributed by atoms with Gasteiger partial charge in [0.2, 0.25) is 5.91 Å². The summed E-state index contributed by atoms with van der Waals surface area (Å²) in [5, 5.41) is 11.8. The zero-order valence-electron chi connectivity index (χ0n) is 13.6. The SMILES string of the molecule is Cc1ccc(C)c(C(=O)N[C@@H](C)C(=O)N2CCC[C@H]2C(=O)O)c1. The van der Waals surface area contributed by atoms with Gasteiger partial charge in [0.15, 0.2) is 0 Å². The molecule has 1 fully saturated rings. The molecule has 1 aliphatic heterocycles. The normalized spacial score (nSPS) is 18.6. The van der Waals surface area contributed by atoms with Crippen molar-refractivity contribution in [1.29, 1.82) is 0 Å². The second-order valence-corrected chi connectivity index (χ2v) is 6.04. The number of hydrogen-bond donors (Lipinski definition) is 2. The minimum atomic E-state index is -0.996. The number of carbonyl (C=O) groups excluding carboxylic acids is 2.